The largest absolute Gasteiger partial charge is 0.507 e. The molecule has 1 aromatic carbocycles. The monoisotopic (exact) mass is 277 g/mol. The normalized spacial score (nSPS) is 10.9. The third-order valence-corrected chi connectivity index (χ3v) is 2.98. The zero-order chi connectivity index (χ0) is 14.5. The molecule has 20 heavy (non-hydrogen) atoms. The highest BCUT2D eigenvalue weighted by Gasteiger charge is 2.11. The van der Waals surface area contributed by atoms with Gasteiger partial charge in [-0.2, -0.15) is 4.98 Å². The van der Waals surface area contributed by atoms with E-state index in [1.807, 2.05) is 26.0 Å². The van der Waals surface area contributed by atoms with Crippen LogP contribution < -0.4 is 5.32 Å². The van der Waals surface area contributed by atoms with Crippen LogP contribution in [0, 0.1) is 13.8 Å². The molecule has 0 aliphatic heterocycles. The summed E-state index contributed by atoms with van der Waals surface area (Å²) in [6.45, 7) is 5.56. The SMILES string of the molecule is COCCNCc1nc(-c2cc(C)c(O)c(C)c2)no1. The molecule has 1 heterocycles. The van der Waals surface area contributed by atoms with Crippen LogP contribution in [0.3, 0.4) is 0 Å². The average Bonchev–Trinajstić information content (AvgIpc) is 2.89. The third-order valence-electron chi connectivity index (χ3n) is 2.98. The van der Waals surface area contributed by atoms with Crippen molar-refractivity contribution < 1.29 is 14.4 Å². The van der Waals surface area contributed by atoms with Crippen molar-refractivity contribution in [2.75, 3.05) is 20.3 Å². The maximum absolute atomic E-state index is 9.76. The van der Waals surface area contributed by atoms with Crippen LogP contribution in [-0.4, -0.2) is 35.5 Å². The van der Waals surface area contributed by atoms with E-state index in [1.54, 1.807) is 7.11 Å². The Morgan fingerprint density at radius 1 is 1.30 bits per heavy atom. The second kappa shape index (κ2) is 6.49. The molecule has 2 rings (SSSR count). The molecule has 0 saturated heterocycles. The van der Waals surface area contributed by atoms with Gasteiger partial charge in [-0.1, -0.05) is 5.16 Å². The Labute approximate surface area is 117 Å². The lowest BCUT2D eigenvalue weighted by Crippen LogP contribution is -2.18. The molecule has 0 bridgehead atoms. The van der Waals surface area contributed by atoms with E-state index in [0.29, 0.717) is 30.6 Å². The minimum absolute atomic E-state index is 0.304. The van der Waals surface area contributed by atoms with Crippen molar-refractivity contribution in [3.05, 3.63) is 29.2 Å². The first-order valence-corrected chi connectivity index (χ1v) is 6.44. The van der Waals surface area contributed by atoms with Gasteiger partial charge in [0.1, 0.15) is 5.75 Å². The molecule has 2 N–H and O–H groups in total. The first-order chi connectivity index (χ1) is 9.61. The second-order valence-electron chi connectivity index (χ2n) is 4.64. The van der Waals surface area contributed by atoms with Gasteiger partial charge in [-0.15, -0.1) is 0 Å². The summed E-state index contributed by atoms with van der Waals surface area (Å²) in [5.74, 6) is 1.36. The van der Waals surface area contributed by atoms with Gasteiger partial charge in [-0.3, -0.25) is 0 Å². The molecule has 2 aromatic rings. The summed E-state index contributed by atoms with van der Waals surface area (Å²) in [5.41, 5.74) is 2.43. The fourth-order valence-corrected chi connectivity index (χ4v) is 1.90. The van der Waals surface area contributed by atoms with Gasteiger partial charge in [0.15, 0.2) is 0 Å². The molecular weight excluding hydrogens is 258 g/mol. The van der Waals surface area contributed by atoms with Gasteiger partial charge in [-0.25, -0.2) is 0 Å². The number of aromatic hydroxyl groups is 1. The van der Waals surface area contributed by atoms with Crippen LogP contribution in [0.4, 0.5) is 0 Å². The van der Waals surface area contributed by atoms with E-state index < -0.39 is 0 Å². The third kappa shape index (κ3) is 3.34. The highest BCUT2D eigenvalue weighted by molar-refractivity contribution is 5.60. The fraction of sp³-hybridized carbons (Fsp3) is 0.429. The molecular formula is C14H19N3O3. The summed E-state index contributed by atoms with van der Waals surface area (Å²) in [6.07, 6.45) is 0. The minimum atomic E-state index is 0.304. The molecule has 0 aliphatic carbocycles. The Kier molecular flexibility index (Phi) is 4.70. The average molecular weight is 277 g/mol. The lowest BCUT2D eigenvalue weighted by molar-refractivity contribution is 0.197. The highest BCUT2D eigenvalue weighted by Crippen LogP contribution is 2.27. The van der Waals surface area contributed by atoms with Crippen LogP contribution in [0.15, 0.2) is 16.7 Å². The van der Waals surface area contributed by atoms with Crippen LogP contribution in [-0.2, 0) is 11.3 Å². The molecule has 0 atom stereocenters. The molecule has 6 heteroatoms. The summed E-state index contributed by atoms with van der Waals surface area (Å²) in [6, 6.07) is 3.69. The van der Waals surface area contributed by atoms with E-state index in [-0.39, 0.29) is 0 Å². The van der Waals surface area contributed by atoms with Crippen LogP contribution in [0.2, 0.25) is 0 Å². The molecule has 108 valence electrons. The first-order valence-electron chi connectivity index (χ1n) is 6.44. The number of nitrogens with zero attached hydrogens (tertiary/aromatic N) is 2. The van der Waals surface area contributed by atoms with Crippen molar-refractivity contribution in [3.8, 4) is 17.1 Å². The molecule has 0 radical (unpaired) electrons. The molecule has 6 nitrogen and oxygen atoms in total. The summed E-state index contributed by atoms with van der Waals surface area (Å²) >= 11 is 0. The molecule has 0 amide bonds. The molecule has 0 spiro atoms. The van der Waals surface area contributed by atoms with Crippen LogP contribution in [0.25, 0.3) is 11.4 Å². The zero-order valence-corrected chi connectivity index (χ0v) is 11.9. The van der Waals surface area contributed by atoms with Gasteiger partial charge in [0.2, 0.25) is 11.7 Å². The maximum Gasteiger partial charge on any atom is 0.240 e. The molecule has 1 aromatic heterocycles. The number of aromatic nitrogens is 2. The minimum Gasteiger partial charge on any atom is -0.507 e. The van der Waals surface area contributed by atoms with Crippen molar-refractivity contribution in [1.82, 2.24) is 15.5 Å². The predicted octanol–water partition coefficient (Wildman–Crippen LogP) is 1.80. The predicted molar refractivity (Wildman–Crippen MR) is 74.5 cm³/mol. The van der Waals surface area contributed by atoms with E-state index in [9.17, 15) is 5.11 Å². The lowest BCUT2D eigenvalue weighted by atomic mass is 10.1. The van der Waals surface area contributed by atoms with Gasteiger partial charge < -0.3 is 19.7 Å². The number of aryl methyl sites for hydroxylation is 2. The second-order valence-corrected chi connectivity index (χ2v) is 4.64. The quantitative estimate of drug-likeness (QED) is 0.784. The number of hydrogen-bond donors (Lipinski definition) is 2. The Balaban J connectivity index is 2.08. The zero-order valence-electron chi connectivity index (χ0n) is 11.9. The van der Waals surface area contributed by atoms with Crippen molar-refractivity contribution in [3.63, 3.8) is 0 Å². The Hall–Kier alpha value is -1.92. The van der Waals surface area contributed by atoms with Crippen molar-refractivity contribution >= 4 is 0 Å². The number of nitrogens with one attached hydrogen (secondary N) is 1. The fourth-order valence-electron chi connectivity index (χ4n) is 1.90. The van der Waals surface area contributed by atoms with Gasteiger partial charge in [0.25, 0.3) is 0 Å². The Morgan fingerprint density at radius 2 is 2.00 bits per heavy atom. The number of rotatable bonds is 6. The van der Waals surface area contributed by atoms with E-state index >= 15 is 0 Å². The standard InChI is InChI=1S/C14H19N3O3/c1-9-6-11(7-10(2)13(9)18)14-16-12(20-17-14)8-15-4-5-19-3/h6-7,15,18H,4-5,8H2,1-3H3. The topological polar surface area (TPSA) is 80.4 Å². The summed E-state index contributed by atoms with van der Waals surface area (Å²) in [5, 5.41) is 16.9. The van der Waals surface area contributed by atoms with E-state index in [4.69, 9.17) is 9.26 Å². The van der Waals surface area contributed by atoms with Gasteiger partial charge in [-0.05, 0) is 37.1 Å². The number of benzene rings is 1. The van der Waals surface area contributed by atoms with E-state index in [2.05, 4.69) is 15.5 Å². The van der Waals surface area contributed by atoms with Gasteiger partial charge in [0.05, 0.1) is 13.2 Å². The van der Waals surface area contributed by atoms with Crippen molar-refractivity contribution in [1.29, 1.82) is 0 Å². The van der Waals surface area contributed by atoms with Crippen LogP contribution in [0.1, 0.15) is 17.0 Å². The summed E-state index contributed by atoms with van der Waals surface area (Å²) in [4.78, 5) is 4.33. The number of ether oxygens (including phenoxy) is 1. The van der Waals surface area contributed by atoms with Crippen molar-refractivity contribution in [2.45, 2.75) is 20.4 Å². The smallest absolute Gasteiger partial charge is 0.240 e. The molecule has 0 saturated carbocycles. The lowest BCUT2D eigenvalue weighted by Gasteiger charge is -2.04. The Bertz CT molecular complexity index is 558. The van der Waals surface area contributed by atoms with E-state index in [1.165, 1.54) is 0 Å². The van der Waals surface area contributed by atoms with E-state index in [0.717, 1.165) is 23.2 Å². The van der Waals surface area contributed by atoms with Crippen LogP contribution >= 0.6 is 0 Å². The maximum atomic E-state index is 9.76. The first kappa shape index (κ1) is 14.5. The van der Waals surface area contributed by atoms with Gasteiger partial charge in [0, 0.05) is 19.2 Å². The molecule has 0 unspecified atom stereocenters. The summed E-state index contributed by atoms with van der Waals surface area (Å²) < 4.78 is 10.1. The highest BCUT2D eigenvalue weighted by atomic mass is 16.5. The number of phenols is 1. The number of phenolic OH excluding ortho intramolecular Hbond substituents is 1. The van der Waals surface area contributed by atoms with Gasteiger partial charge >= 0.3 is 0 Å². The Morgan fingerprint density at radius 3 is 2.65 bits per heavy atom. The number of methoxy groups -OCH3 is 1. The van der Waals surface area contributed by atoms with Crippen LogP contribution in [0.5, 0.6) is 5.75 Å². The molecule has 0 aliphatic rings. The summed E-state index contributed by atoms with van der Waals surface area (Å²) in [7, 11) is 1.65. The van der Waals surface area contributed by atoms with Crippen molar-refractivity contribution in [2.24, 2.45) is 0 Å². The molecule has 0 fully saturated rings. The number of hydrogen-bond acceptors (Lipinski definition) is 6.